The Balaban J connectivity index is 1.69. The molecule has 0 heterocycles. The fourth-order valence-electron chi connectivity index (χ4n) is 2.30. The molecule has 0 aliphatic heterocycles. The number of nitrogens with one attached hydrogen (secondary N) is 2. The first-order valence-corrected chi connectivity index (χ1v) is 11.2. The molecule has 5 nitrogen and oxygen atoms in total. The average molecular weight is 450 g/mol. The lowest BCUT2D eigenvalue weighted by atomic mass is 10.3. The minimum Gasteiger partial charge on any atom is -0.332 e. The summed E-state index contributed by atoms with van der Waals surface area (Å²) in [7, 11) is -3.72. The van der Waals surface area contributed by atoms with Gasteiger partial charge in [0.1, 0.15) is 0 Å². The van der Waals surface area contributed by atoms with Crippen LogP contribution in [0.15, 0.2) is 87.5 Å². The normalized spacial score (nSPS) is 11.1. The number of nitrogens with two attached hydrogens (primary N) is 1. The topological polar surface area (TPSA) is 84.2 Å². The SMILES string of the molecule is NS(=O)(=O)c1ccc(NC(=S)Nc2ccccc2Sc2ccc(Cl)cc2)cc1. The lowest BCUT2D eigenvalue weighted by Crippen LogP contribution is -2.19. The monoisotopic (exact) mass is 449 g/mol. The molecule has 0 aromatic heterocycles. The molecule has 3 aromatic rings. The Kier molecular flexibility index (Phi) is 6.58. The predicted octanol–water partition coefficient (Wildman–Crippen LogP) is 4.95. The maximum Gasteiger partial charge on any atom is 0.238 e. The molecular formula is C19H16ClN3O2S3. The summed E-state index contributed by atoms with van der Waals surface area (Å²) in [5, 5.41) is 12.4. The van der Waals surface area contributed by atoms with Crippen LogP contribution in [0.25, 0.3) is 0 Å². The number of anilines is 2. The van der Waals surface area contributed by atoms with E-state index in [1.165, 1.54) is 12.1 Å². The summed E-state index contributed by atoms with van der Waals surface area (Å²) >= 11 is 12.9. The number of thiocarbonyl (C=S) groups is 1. The van der Waals surface area contributed by atoms with Crippen LogP contribution < -0.4 is 15.8 Å². The van der Waals surface area contributed by atoms with Crippen molar-refractivity contribution < 1.29 is 8.42 Å². The molecule has 9 heteroatoms. The van der Waals surface area contributed by atoms with Crippen LogP contribution >= 0.6 is 35.6 Å². The van der Waals surface area contributed by atoms with E-state index in [0.717, 1.165) is 15.5 Å². The van der Waals surface area contributed by atoms with E-state index in [9.17, 15) is 8.42 Å². The predicted molar refractivity (Wildman–Crippen MR) is 120 cm³/mol. The van der Waals surface area contributed by atoms with Gasteiger partial charge in [-0.15, -0.1) is 0 Å². The van der Waals surface area contributed by atoms with Gasteiger partial charge in [0.25, 0.3) is 0 Å². The highest BCUT2D eigenvalue weighted by Crippen LogP contribution is 2.34. The largest absolute Gasteiger partial charge is 0.332 e. The second-order valence-corrected chi connectivity index (χ2v) is 9.22. The zero-order chi connectivity index (χ0) is 20.1. The van der Waals surface area contributed by atoms with Crippen LogP contribution in [0.2, 0.25) is 5.02 Å². The standard InChI is InChI=1S/C19H16ClN3O2S3/c20-13-5-9-15(10-6-13)27-18-4-2-1-3-17(18)23-19(26)22-14-7-11-16(12-8-14)28(21,24)25/h1-12H,(H2,21,24,25)(H2,22,23,26). The number of halogens is 1. The number of benzene rings is 3. The summed E-state index contributed by atoms with van der Waals surface area (Å²) in [6.45, 7) is 0. The number of rotatable bonds is 5. The van der Waals surface area contributed by atoms with Gasteiger partial charge < -0.3 is 10.6 Å². The number of hydrogen-bond donors (Lipinski definition) is 3. The van der Waals surface area contributed by atoms with Crippen molar-refractivity contribution in [3.8, 4) is 0 Å². The molecule has 0 aliphatic rings. The van der Waals surface area contributed by atoms with Crippen molar-refractivity contribution in [2.24, 2.45) is 5.14 Å². The van der Waals surface area contributed by atoms with Gasteiger partial charge in [-0.05, 0) is 72.9 Å². The minimum atomic E-state index is -3.72. The van der Waals surface area contributed by atoms with Crippen molar-refractivity contribution in [2.45, 2.75) is 14.7 Å². The second-order valence-electron chi connectivity index (χ2n) is 5.70. The van der Waals surface area contributed by atoms with E-state index in [-0.39, 0.29) is 4.90 Å². The molecule has 4 N–H and O–H groups in total. The van der Waals surface area contributed by atoms with Gasteiger partial charge in [-0.2, -0.15) is 0 Å². The third-order valence-electron chi connectivity index (χ3n) is 3.62. The second kappa shape index (κ2) is 8.93. The smallest absolute Gasteiger partial charge is 0.238 e. The molecule has 28 heavy (non-hydrogen) atoms. The summed E-state index contributed by atoms with van der Waals surface area (Å²) in [6.07, 6.45) is 0. The molecule has 0 atom stereocenters. The fraction of sp³-hybridized carbons (Fsp3) is 0. The molecular weight excluding hydrogens is 434 g/mol. The first kappa shape index (κ1) is 20.6. The van der Waals surface area contributed by atoms with E-state index in [1.54, 1.807) is 23.9 Å². The van der Waals surface area contributed by atoms with Crippen molar-refractivity contribution in [1.82, 2.24) is 0 Å². The summed E-state index contributed by atoms with van der Waals surface area (Å²) in [6, 6.07) is 21.4. The minimum absolute atomic E-state index is 0.0432. The third-order valence-corrected chi connectivity index (χ3v) is 6.09. The highest BCUT2D eigenvalue weighted by atomic mass is 35.5. The summed E-state index contributed by atoms with van der Waals surface area (Å²) in [4.78, 5) is 2.09. The molecule has 3 aromatic carbocycles. The van der Waals surface area contributed by atoms with Gasteiger partial charge in [0.05, 0.1) is 10.6 Å². The number of hydrogen-bond acceptors (Lipinski definition) is 4. The first-order chi connectivity index (χ1) is 13.3. The quantitative estimate of drug-likeness (QED) is 0.478. The molecule has 0 amide bonds. The van der Waals surface area contributed by atoms with Crippen LogP contribution in [0.5, 0.6) is 0 Å². The highest BCUT2D eigenvalue weighted by Gasteiger charge is 2.09. The molecule has 0 fully saturated rings. The Morgan fingerprint density at radius 3 is 2.21 bits per heavy atom. The molecule has 0 bridgehead atoms. The van der Waals surface area contributed by atoms with E-state index < -0.39 is 10.0 Å². The van der Waals surface area contributed by atoms with E-state index in [1.807, 2.05) is 48.5 Å². The molecule has 0 radical (unpaired) electrons. The average Bonchev–Trinajstić information content (AvgIpc) is 2.65. The summed E-state index contributed by atoms with van der Waals surface area (Å²) in [5.41, 5.74) is 1.49. The fourth-order valence-corrected chi connectivity index (χ4v) is 4.07. The van der Waals surface area contributed by atoms with Gasteiger partial charge in [-0.25, -0.2) is 13.6 Å². The van der Waals surface area contributed by atoms with Crippen molar-refractivity contribution in [3.05, 3.63) is 77.8 Å². The van der Waals surface area contributed by atoms with Gasteiger partial charge in [0.15, 0.2) is 5.11 Å². The lowest BCUT2D eigenvalue weighted by molar-refractivity contribution is 0.598. The Morgan fingerprint density at radius 1 is 0.929 bits per heavy atom. The van der Waals surface area contributed by atoms with E-state index in [0.29, 0.717) is 15.8 Å². The van der Waals surface area contributed by atoms with Crippen LogP contribution in [0.4, 0.5) is 11.4 Å². The van der Waals surface area contributed by atoms with Crippen LogP contribution in [0.3, 0.4) is 0 Å². The molecule has 0 saturated carbocycles. The van der Waals surface area contributed by atoms with Gasteiger partial charge in [-0.1, -0.05) is 35.5 Å². The Hall–Kier alpha value is -2.10. The van der Waals surface area contributed by atoms with E-state index in [2.05, 4.69) is 10.6 Å². The van der Waals surface area contributed by atoms with Crippen molar-refractivity contribution in [1.29, 1.82) is 0 Å². The van der Waals surface area contributed by atoms with Gasteiger partial charge in [0, 0.05) is 20.5 Å². The third kappa shape index (κ3) is 5.70. The highest BCUT2D eigenvalue weighted by molar-refractivity contribution is 7.99. The molecule has 0 saturated heterocycles. The van der Waals surface area contributed by atoms with Crippen LogP contribution in [-0.2, 0) is 10.0 Å². The zero-order valence-electron chi connectivity index (χ0n) is 14.4. The summed E-state index contributed by atoms with van der Waals surface area (Å²) in [5.74, 6) is 0. The van der Waals surface area contributed by atoms with E-state index >= 15 is 0 Å². The van der Waals surface area contributed by atoms with Crippen LogP contribution in [0.1, 0.15) is 0 Å². The Bertz CT molecular complexity index is 1090. The molecule has 3 rings (SSSR count). The van der Waals surface area contributed by atoms with Crippen molar-refractivity contribution in [2.75, 3.05) is 10.6 Å². The van der Waals surface area contributed by atoms with Gasteiger partial charge in [0.2, 0.25) is 10.0 Å². The summed E-state index contributed by atoms with van der Waals surface area (Å²) < 4.78 is 22.6. The number of sulfonamides is 1. The maximum absolute atomic E-state index is 11.3. The maximum atomic E-state index is 11.3. The van der Waals surface area contributed by atoms with Gasteiger partial charge >= 0.3 is 0 Å². The Labute approximate surface area is 178 Å². The Morgan fingerprint density at radius 2 is 1.57 bits per heavy atom. The van der Waals surface area contributed by atoms with Crippen LogP contribution in [-0.4, -0.2) is 13.5 Å². The zero-order valence-corrected chi connectivity index (χ0v) is 17.6. The van der Waals surface area contributed by atoms with Crippen molar-refractivity contribution >= 4 is 62.1 Å². The molecule has 0 unspecified atom stereocenters. The molecule has 0 aliphatic carbocycles. The lowest BCUT2D eigenvalue weighted by Gasteiger charge is -2.14. The van der Waals surface area contributed by atoms with Crippen LogP contribution in [0, 0.1) is 0 Å². The molecule has 0 spiro atoms. The first-order valence-electron chi connectivity index (χ1n) is 8.04. The molecule has 144 valence electrons. The van der Waals surface area contributed by atoms with Crippen molar-refractivity contribution in [3.63, 3.8) is 0 Å². The number of para-hydroxylation sites is 1. The number of primary sulfonamides is 1. The van der Waals surface area contributed by atoms with E-state index in [4.69, 9.17) is 29.0 Å². The van der Waals surface area contributed by atoms with Gasteiger partial charge in [-0.3, -0.25) is 0 Å².